The van der Waals surface area contributed by atoms with E-state index < -0.39 is 0 Å². The first-order valence-electron chi connectivity index (χ1n) is 6.97. The number of ether oxygens (including phenoxy) is 1. The highest BCUT2D eigenvalue weighted by Crippen LogP contribution is 2.30. The molecule has 0 bridgehead atoms. The van der Waals surface area contributed by atoms with Gasteiger partial charge in [0.2, 0.25) is 0 Å². The molecule has 0 amide bonds. The van der Waals surface area contributed by atoms with E-state index in [9.17, 15) is 0 Å². The SMILES string of the molecule is Cc1cc(Br)ccc1Oc1ccccc1CNC1CC1. The average molecular weight is 332 g/mol. The minimum Gasteiger partial charge on any atom is -0.457 e. The zero-order chi connectivity index (χ0) is 13.9. The van der Waals surface area contributed by atoms with Crippen molar-refractivity contribution in [2.24, 2.45) is 0 Å². The van der Waals surface area contributed by atoms with Crippen LogP contribution in [0.1, 0.15) is 24.0 Å². The lowest BCUT2D eigenvalue weighted by atomic mass is 10.2. The summed E-state index contributed by atoms with van der Waals surface area (Å²) in [7, 11) is 0. The largest absolute Gasteiger partial charge is 0.457 e. The van der Waals surface area contributed by atoms with E-state index in [4.69, 9.17) is 4.74 Å². The second-order valence-corrected chi connectivity index (χ2v) is 6.19. The summed E-state index contributed by atoms with van der Waals surface area (Å²) < 4.78 is 7.16. The predicted molar refractivity (Wildman–Crippen MR) is 85.3 cm³/mol. The molecule has 2 nitrogen and oxygen atoms in total. The quantitative estimate of drug-likeness (QED) is 0.849. The van der Waals surface area contributed by atoms with Crippen LogP contribution >= 0.6 is 15.9 Å². The molecule has 0 aromatic heterocycles. The van der Waals surface area contributed by atoms with Gasteiger partial charge >= 0.3 is 0 Å². The Kier molecular flexibility index (Phi) is 4.08. The van der Waals surface area contributed by atoms with E-state index in [1.165, 1.54) is 18.4 Å². The fraction of sp³-hybridized carbons (Fsp3) is 0.294. The van der Waals surface area contributed by atoms with Gasteiger partial charge in [0.25, 0.3) is 0 Å². The lowest BCUT2D eigenvalue weighted by Crippen LogP contribution is -2.15. The number of para-hydroxylation sites is 1. The summed E-state index contributed by atoms with van der Waals surface area (Å²) >= 11 is 3.48. The third kappa shape index (κ3) is 3.41. The Hall–Kier alpha value is -1.32. The fourth-order valence-corrected chi connectivity index (χ4v) is 2.61. The molecule has 1 aliphatic carbocycles. The Bertz CT molecular complexity index is 608. The molecule has 2 aromatic rings. The first kappa shape index (κ1) is 13.7. The van der Waals surface area contributed by atoms with Crippen molar-refractivity contribution in [3.63, 3.8) is 0 Å². The highest BCUT2D eigenvalue weighted by molar-refractivity contribution is 9.10. The standard InChI is InChI=1S/C17H18BrNO/c1-12-10-14(18)6-9-16(12)20-17-5-3-2-4-13(17)11-19-15-7-8-15/h2-6,9-10,15,19H,7-8,11H2,1H3. The van der Waals surface area contributed by atoms with E-state index in [1.807, 2.05) is 24.3 Å². The van der Waals surface area contributed by atoms with Crippen LogP contribution in [0.2, 0.25) is 0 Å². The summed E-state index contributed by atoms with van der Waals surface area (Å²) in [4.78, 5) is 0. The number of rotatable bonds is 5. The summed E-state index contributed by atoms with van der Waals surface area (Å²) in [6.45, 7) is 2.93. The van der Waals surface area contributed by atoms with Gasteiger partial charge in [0.1, 0.15) is 11.5 Å². The van der Waals surface area contributed by atoms with Crippen molar-refractivity contribution in [1.29, 1.82) is 0 Å². The summed E-state index contributed by atoms with van der Waals surface area (Å²) in [6, 6.07) is 15.0. The predicted octanol–water partition coefficient (Wildman–Crippen LogP) is 4.80. The maximum atomic E-state index is 6.09. The normalized spacial score (nSPS) is 14.3. The average Bonchev–Trinajstić information content (AvgIpc) is 3.25. The van der Waals surface area contributed by atoms with Crippen molar-refractivity contribution in [3.05, 3.63) is 58.1 Å². The van der Waals surface area contributed by atoms with Gasteiger partial charge in [-0.15, -0.1) is 0 Å². The van der Waals surface area contributed by atoms with E-state index in [2.05, 4.69) is 46.4 Å². The van der Waals surface area contributed by atoms with E-state index in [1.54, 1.807) is 0 Å². The van der Waals surface area contributed by atoms with Crippen LogP contribution in [0.25, 0.3) is 0 Å². The van der Waals surface area contributed by atoms with Crippen LogP contribution in [0.5, 0.6) is 11.5 Å². The van der Waals surface area contributed by atoms with Crippen LogP contribution in [-0.4, -0.2) is 6.04 Å². The van der Waals surface area contributed by atoms with Crippen molar-refractivity contribution in [3.8, 4) is 11.5 Å². The van der Waals surface area contributed by atoms with Crippen molar-refractivity contribution >= 4 is 15.9 Å². The molecule has 0 saturated heterocycles. The Morgan fingerprint density at radius 2 is 1.95 bits per heavy atom. The number of aryl methyl sites for hydroxylation is 1. The van der Waals surface area contributed by atoms with Gasteiger partial charge in [-0.05, 0) is 49.6 Å². The molecular formula is C17H18BrNO. The van der Waals surface area contributed by atoms with Gasteiger partial charge in [-0.1, -0.05) is 34.1 Å². The Morgan fingerprint density at radius 1 is 1.15 bits per heavy atom. The Morgan fingerprint density at radius 3 is 2.70 bits per heavy atom. The molecule has 3 heteroatoms. The number of hydrogen-bond acceptors (Lipinski definition) is 2. The third-order valence-electron chi connectivity index (χ3n) is 3.49. The fourth-order valence-electron chi connectivity index (χ4n) is 2.14. The maximum absolute atomic E-state index is 6.09. The second kappa shape index (κ2) is 5.98. The Balaban J connectivity index is 1.78. The lowest BCUT2D eigenvalue weighted by molar-refractivity contribution is 0.469. The molecule has 0 aliphatic heterocycles. The molecule has 1 fully saturated rings. The second-order valence-electron chi connectivity index (χ2n) is 5.27. The van der Waals surface area contributed by atoms with E-state index in [0.717, 1.165) is 28.1 Å². The number of nitrogens with one attached hydrogen (secondary N) is 1. The topological polar surface area (TPSA) is 21.3 Å². The molecule has 2 aromatic carbocycles. The molecule has 1 saturated carbocycles. The highest BCUT2D eigenvalue weighted by atomic mass is 79.9. The van der Waals surface area contributed by atoms with Crippen molar-refractivity contribution in [1.82, 2.24) is 5.32 Å². The zero-order valence-corrected chi connectivity index (χ0v) is 13.1. The molecule has 0 spiro atoms. The first-order valence-corrected chi connectivity index (χ1v) is 7.77. The molecule has 3 rings (SSSR count). The van der Waals surface area contributed by atoms with E-state index >= 15 is 0 Å². The Labute approximate surface area is 128 Å². The van der Waals surface area contributed by atoms with E-state index in [-0.39, 0.29) is 0 Å². The first-order chi connectivity index (χ1) is 9.72. The van der Waals surface area contributed by atoms with Gasteiger partial charge in [0.15, 0.2) is 0 Å². The van der Waals surface area contributed by atoms with Gasteiger partial charge in [-0.3, -0.25) is 0 Å². The molecule has 20 heavy (non-hydrogen) atoms. The zero-order valence-electron chi connectivity index (χ0n) is 11.5. The molecule has 0 unspecified atom stereocenters. The molecule has 1 N–H and O–H groups in total. The molecule has 1 aliphatic rings. The van der Waals surface area contributed by atoms with Crippen LogP contribution in [0.4, 0.5) is 0 Å². The minimum atomic E-state index is 0.706. The van der Waals surface area contributed by atoms with Crippen LogP contribution in [0, 0.1) is 6.92 Å². The van der Waals surface area contributed by atoms with Crippen molar-refractivity contribution < 1.29 is 4.74 Å². The molecule has 0 atom stereocenters. The van der Waals surface area contributed by atoms with Crippen LogP contribution in [0.3, 0.4) is 0 Å². The summed E-state index contributed by atoms with van der Waals surface area (Å²) in [5.41, 5.74) is 2.34. The maximum Gasteiger partial charge on any atom is 0.131 e. The summed E-state index contributed by atoms with van der Waals surface area (Å²) in [6.07, 6.45) is 2.60. The van der Waals surface area contributed by atoms with Gasteiger partial charge in [0, 0.05) is 22.6 Å². The smallest absolute Gasteiger partial charge is 0.131 e. The molecular weight excluding hydrogens is 314 g/mol. The van der Waals surface area contributed by atoms with Gasteiger partial charge in [0.05, 0.1) is 0 Å². The number of benzene rings is 2. The minimum absolute atomic E-state index is 0.706. The van der Waals surface area contributed by atoms with Gasteiger partial charge in [-0.2, -0.15) is 0 Å². The van der Waals surface area contributed by atoms with E-state index in [0.29, 0.717) is 6.04 Å². The third-order valence-corrected chi connectivity index (χ3v) is 3.98. The molecule has 0 heterocycles. The van der Waals surface area contributed by atoms with Crippen LogP contribution < -0.4 is 10.1 Å². The number of halogens is 1. The van der Waals surface area contributed by atoms with Crippen LogP contribution in [0.15, 0.2) is 46.9 Å². The van der Waals surface area contributed by atoms with Gasteiger partial charge < -0.3 is 10.1 Å². The van der Waals surface area contributed by atoms with Crippen molar-refractivity contribution in [2.45, 2.75) is 32.4 Å². The van der Waals surface area contributed by atoms with Crippen LogP contribution in [-0.2, 0) is 6.54 Å². The van der Waals surface area contributed by atoms with Crippen molar-refractivity contribution in [2.75, 3.05) is 0 Å². The van der Waals surface area contributed by atoms with Gasteiger partial charge in [-0.25, -0.2) is 0 Å². The monoisotopic (exact) mass is 331 g/mol. The summed E-state index contributed by atoms with van der Waals surface area (Å²) in [5, 5.41) is 3.54. The highest BCUT2D eigenvalue weighted by Gasteiger charge is 2.20. The molecule has 0 radical (unpaired) electrons. The lowest BCUT2D eigenvalue weighted by Gasteiger charge is -2.13. The summed E-state index contributed by atoms with van der Waals surface area (Å²) in [5.74, 6) is 1.85. The molecule has 104 valence electrons. The number of hydrogen-bond donors (Lipinski definition) is 1.